The molecule has 0 radical (unpaired) electrons. The van der Waals surface area contributed by atoms with Gasteiger partial charge in [0.2, 0.25) is 5.88 Å². The molecule has 0 atom stereocenters. The number of allylic oxidation sites excluding steroid dienone is 3. The van der Waals surface area contributed by atoms with E-state index < -0.39 is 0 Å². The first-order chi connectivity index (χ1) is 13.2. The fraction of sp³-hybridized carbons (Fsp3) is 0.0435. The van der Waals surface area contributed by atoms with Crippen molar-refractivity contribution >= 4 is 11.8 Å². The summed E-state index contributed by atoms with van der Waals surface area (Å²) in [5.74, 6) is 0.328. The molecule has 0 aliphatic heterocycles. The van der Waals surface area contributed by atoms with Crippen LogP contribution < -0.4 is 5.32 Å². The summed E-state index contributed by atoms with van der Waals surface area (Å²) in [5.41, 5.74) is 2.64. The number of hydrogen-bond donors (Lipinski definition) is 1. The largest absolute Gasteiger partial charge is 0.438 e. The zero-order valence-electron chi connectivity index (χ0n) is 14.8. The number of nitrogens with one attached hydrogen (secondary N) is 1. The third-order valence-electron chi connectivity index (χ3n) is 3.91. The average molecular weight is 354 g/mol. The molecule has 0 aliphatic rings. The number of nitriles is 1. The second-order valence-electron chi connectivity index (χ2n) is 5.73. The molecular weight excluding hydrogens is 336 g/mol. The van der Waals surface area contributed by atoms with Gasteiger partial charge in [0.05, 0.1) is 0 Å². The molecule has 0 bridgehead atoms. The van der Waals surface area contributed by atoms with Gasteiger partial charge < -0.3 is 4.42 Å². The van der Waals surface area contributed by atoms with Gasteiger partial charge in [0.1, 0.15) is 17.4 Å². The Hall–Kier alpha value is -3.84. The number of amides is 1. The van der Waals surface area contributed by atoms with E-state index in [-0.39, 0.29) is 11.8 Å². The minimum atomic E-state index is -0.363. The van der Waals surface area contributed by atoms with E-state index in [2.05, 4.69) is 11.4 Å². The normalized spacial score (nSPS) is 11.0. The molecule has 0 unspecified atom stereocenters. The maximum atomic E-state index is 12.1. The summed E-state index contributed by atoms with van der Waals surface area (Å²) in [7, 11) is 0. The van der Waals surface area contributed by atoms with Crippen molar-refractivity contribution in [3.63, 3.8) is 0 Å². The molecule has 27 heavy (non-hydrogen) atoms. The summed E-state index contributed by atoms with van der Waals surface area (Å²) < 4.78 is 5.95. The maximum absolute atomic E-state index is 12.1. The third-order valence-corrected chi connectivity index (χ3v) is 3.91. The van der Waals surface area contributed by atoms with Crippen molar-refractivity contribution in [2.45, 2.75) is 6.92 Å². The van der Waals surface area contributed by atoms with E-state index in [4.69, 9.17) is 4.42 Å². The smallest absolute Gasteiger partial charge is 0.250 e. The van der Waals surface area contributed by atoms with Gasteiger partial charge in [-0.3, -0.25) is 10.1 Å². The quantitative estimate of drug-likeness (QED) is 0.482. The Morgan fingerprint density at radius 3 is 2.22 bits per heavy atom. The third kappa shape index (κ3) is 4.05. The van der Waals surface area contributed by atoms with Crippen molar-refractivity contribution < 1.29 is 9.21 Å². The van der Waals surface area contributed by atoms with Crippen LogP contribution in [0.25, 0.3) is 22.5 Å². The van der Waals surface area contributed by atoms with Crippen molar-refractivity contribution in [3.05, 3.63) is 90.5 Å². The van der Waals surface area contributed by atoms with Crippen molar-refractivity contribution in [3.8, 4) is 28.5 Å². The summed E-state index contributed by atoms with van der Waals surface area (Å²) in [5, 5.41) is 12.4. The lowest BCUT2D eigenvalue weighted by molar-refractivity contribution is -0.112. The standard InChI is InChI=1S/C23H18N2O2/c1-2-3-6-15-20(26)25-23-19(16-24)21(17-11-7-4-8-12-17)22(27-23)18-13-9-5-10-14-18/h2-15H,1H3,(H,25,26)/b3-2+,15-6+. The number of rotatable bonds is 5. The molecule has 0 saturated carbocycles. The van der Waals surface area contributed by atoms with Crippen LogP contribution >= 0.6 is 0 Å². The Morgan fingerprint density at radius 2 is 1.63 bits per heavy atom. The lowest BCUT2D eigenvalue weighted by Crippen LogP contribution is -2.08. The van der Waals surface area contributed by atoms with Gasteiger partial charge >= 0.3 is 0 Å². The average Bonchev–Trinajstić information content (AvgIpc) is 3.07. The lowest BCUT2D eigenvalue weighted by Gasteiger charge is -2.03. The van der Waals surface area contributed by atoms with Crippen LogP contribution in [-0.4, -0.2) is 5.91 Å². The first-order valence-corrected chi connectivity index (χ1v) is 8.52. The molecule has 1 aromatic heterocycles. The summed E-state index contributed by atoms with van der Waals surface area (Å²) >= 11 is 0. The van der Waals surface area contributed by atoms with Crippen LogP contribution in [0.15, 0.2) is 89.4 Å². The van der Waals surface area contributed by atoms with Crippen LogP contribution in [0, 0.1) is 11.3 Å². The van der Waals surface area contributed by atoms with Crippen LogP contribution in [0.2, 0.25) is 0 Å². The van der Waals surface area contributed by atoms with Gasteiger partial charge in [-0.05, 0) is 12.5 Å². The minimum Gasteiger partial charge on any atom is -0.438 e. The van der Waals surface area contributed by atoms with E-state index in [0.29, 0.717) is 16.9 Å². The molecule has 4 nitrogen and oxygen atoms in total. The molecule has 0 fully saturated rings. The van der Waals surface area contributed by atoms with Crippen LogP contribution in [0.4, 0.5) is 5.88 Å². The van der Waals surface area contributed by atoms with Gasteiger partial charge in [-0.25, -0.2) is 0 Å². The number of benzene rings is 2. The summed E-state index contributed by atoms with van der Waals surface area (Å²) in [6.07, 6.45) is 6.57. The summed E-state index contributed by atoms with van der Waals surface area (Å²) in [6, 6.07) is 21.2. The maximum Gasteiger partial charge on any atom is 0.250 e. The highest BCUT2D eigenvalue weighted by Gasteiger charge is 2.23. The van der Waals surface area contributed by atoms with Crippen molar-refractivity contribution in [2.75, 3.05) is 5.32 Å². The molecular formula is C23H18N2O2. The first kappa shape index (κ1) is 18.0. The summed E-state index contributed by atoms with van der Waals surface area (Å²) in [6.45, 7) is 1.86. The first-order valence-electron chi connectivity index (χ1n) is 8.52. The van der Waals surface area contributed by atoms with Crippen molar-refractivity contribution in [1.82, 2.24) is 0 Å². The second kappa shape index (κ2) is 8.50. The molecule has 0 saturated heterocycles. The second-order valence-corrected chi connectivity index (χ2v) is 5.73. The van der Waals surface area contributed by atoms with Crippen LogP contribution in [0.5, 0.6) is 0 Å². The highest BCUT2D eigenvalue weighted by molar-refractivity contribution is 6.01. The van der Waals surface area contributed by atoms with E-state index in [1.807, 2.05) is 73.7 Å². The van der Waals surface area contributed by atoms with Gasteiger partial charge in [-0.15, -0.1) is 0 Å². The number of anilines is 1. The van der Waals surface area contributed by atoms with Gasteiger partial charge in [0.25, 0.3) is 5.91 Å². The fourth-order valence-corrected chi connectivity index (χ4v) is 2.71. The monoisotopic (exact) mass is 354 g/mol. The number of furan rings is 1. The topological polar surface area (TPSA) is 66.0 Å². The van der Waals surface area contributed by atoms with E-state index in [1.54, 1.807) is 12.2 Å². The molecule has 4 heteroatoms. The predicted molar refractivity (Wildman–Crippen MR) is 107 cm³/mol. The predicted octanol–water partition coefficient (Wildman–Crippen LogP) is 5.56. The fourth-order valence-electron chi connectivity index (χ4n) is 2.71. The zero-order valence-corrected chi connectivity index (χ0v) is 14.8. The molecule has 2 aromatic carbocycles. The Balaban J connectivity index is 2.12. The molecule has 132 valence electrons. The van der Waals surface area contributed by atoms with Gasteiger partial charge in [-0.1, -0.05) is 78.9 Å². The van der Waals surface area contributed by atoms with E-state index in [9.17, 15) is 10.1 Å². The Bertz CT molecular complexity index is 1020. The van der Waals surface area contributed by atoms with E-state index in [1.165, 1.54) is 6.08 Å². The Morgan fingerprint density at radius 1 is 1.00 bits per heavy atom. The van der Waals surface area contributed by atoms with Crippen molar-refractivity contribution in [2.24, 2.45) is 0 Å². The highest BCUT2D eigenvalue weighted by Crippen LogP contribution is 2.41. The van der Waals surface area contributed by atoms with E-state index >= 15 is 0 Å². The SMILES string of the molecule is C/C=C/C=C/C(=O)Nc1oc(-c2ccccc2)c(-c2ccccc2)c1C#N. The molecule has 1 amide bonds. The van der Waals surface area contributed by atoms with Crippen LogP contribution in [0.1, 0.15) is 12.5 Å². The van der Waals surface area contributed by atoms with Crippen LogP contribution in [-0.2, 0) is 4.79 Å². The molecule has 1 N–H and O–H groups in total. The highest BCUT2D eigenvalue weighted by atomic mass is 16.4. The summed E-state index contributed by atoms with van der Waals surface area (Å²) in [4.78, 5) is 12.1. The number of carbonyl (C=O) groups is 1. The molecule has 0 spiro atoms. The number of carbonyl (C=O) groups excluding carboxylic acids is 1. The molecule has 3 rings (SSSR count). The molecule has 1 heterocycles. The Labute approximate surface area is 158 Å². The molecule has 3 aromatic rings. The minimum absolute atomic E-state index is 0.144. The Kier molecular flexibility index (Phi) is 5.66. The van der Waals surface area contributed by atoms with Gasteiger partial charge in [0, 0.05) is 17.2 Å². The van der Waals surface area contributed by atoms with Crippen molar-refractivity contribution in [1.29, 1.82) is 5.26 Å². The number of hydrogen-bond acceptors (Lipinski definition) is 3. The molecule has 0 aliphatic carbocycles. The van der Waals surface area contributed by atoms with Gasteiger partial charge in [0.15, 0.2) is 0 Å². The van der Waals surface area contributed by atoms with Crippen LogP contribution in [0.3, 0.4) is 0 Å². The lowest BCUT2D eigenvalue weighted by atomic mass is 9.98. The zero-order chi connectivity index (χ0) is 19.1. The van der Waals surface area contributed by atoms with Gasteiger partial charge in [-0.2, -0.15) is 5.26 Å². The number of nitrogens with zero attached hydrogens (tertiary/aromatic N) is 1. The van der Waals surface area contributed by atoms with E-state index in [0.717, 1.165) is 11.1 Å².